The van der Waals surface area contributed by atoms with Gasteiger partial charge in [0, 0.05) is 6.54 Å². The number of hydrogen-bond acceptors (Lipinski definition) is 8. The van der Waals surface area contributed by atoms with Gasteiger partial charge in [0.1, 0.15) is 23.5 Å². The van der Waals surface area contributed by atoms with Crippen LogP contribution in [-0.4, -0.2) is 72.1 Å². The number of aliphatic hydroxyl groups excluding tert-OH is 4. The highest BCUT2D eigenvalue weighted by atomic mass is 16.7. The molecule has 0 spiro atoms. The molecule has 5 rings (SSSR count). The Hall–Kier alpha value is -3.25. The number of benzene rings is 3. The van der Waals surface area contributed by atoms with Crippen LogP contribution in [-0.2, 0) is 17.7 Å². The Labute approximate surface area is 199 Å². The first-order valence-electron chi connectivity index (χ1n) is 11.2. The van der Waals surface area contributed by atoms with Crippen LogP contribution in [0.1, 0.15) is 5.56 Å². The smallest absolute Gasteiger partial charge is 0.326 e. The number of para-hydroxylation sites is 1. The van der Waals surface area contributed by atoms with E-state index in [1.54, 1.807) is 12.1 Å². The third-order valence-corrected chi connectivity index (χ3v) is 6.43. The second-order valence-corrected chi connectivity index (χ2v) is 8.66. The number of ether oxygens (including phenoxy) is 2. The summed E-state index contributed by atoms with van der Waals surface area (Å²) in [6.07, 6.45) is -6.59. The number of nitrogens with one attached hydrogen (secondary N) is 1. The van der Waals surface area contributed by atoms with E-state index < -0.39 is 42.7 Å². The Kier molecular flexibility index (Phi) is 6.09. The van der Waals surface area contributed by atoms with E-state index in [-0.39, 0.29) is 12.3 Å². The van der Waals surface area contributed by atoms with Crippen LogP contribution in [0.4, 0.5) is 0 Å². The third kappa shape index (κ3) is 4.10. The van der Waals surface area contributed by atoms with Gasteiger partial charge >= 0.3 is 5.69 Å². The van der Waals surface area contributed by atoms with Gasteiger partial charge in [-0.25, -0.2) is 4.79 Å². The van der Waals surface area contributed by atoms with Gasteiger partial charge in [0.2, 0.25) is 6.29 Å². The average molecular weight is 482 g/mol. The zero-order valence-electron chi connectivity index (χ0n) is 18.6. The Morgan fingerprint density at radius 3 is 2.57 bits per heavy atom. The van der Waals surface area contributed by atoms with Crippen molar-refractivity contribution in [1.82, 2.24) is 9.55 Å². The maximum Gasteiger partial charge on any atom is 0.326 e. The zero-order valence-corrected chi connectivity index (χ0v) is 18.6. The summed E-state index contributed by atoms with van der Waals surface area (Å²) in [6.45, 7) is -0.403. The molecule has 0 saturated carbocycles. The van der Waals surface area contributed by atoms with E-state index in [0.29, 0.717) is 17.5 Å². The predicted molar refractivity (Wildman–Crippen MR) is 126 cm³/mol. The lowest BCUT2D eigenvalue weighted by molar-refractivity contribution is -0.385. The predicted octanol–water partition coefficient (Wildman–Crippen LogP) is 0.224. The van der Waals surface area contributed by atoms with Gasteiger partial charge in [-0.3, -0.25) is 4.57 Å². The fraction of sp³-hybridized carbons (Fsp3) is 0.320. The molecule has 184 valence electrons. The summed E-state index contributed by atoms with van der Waals surface area (Å²) in [5.41, 5.74) is 1.35. The molecule has 1 aliphatic heterocycles. The molecular weight excluding hydrogens is 456 g/mol. The normalized spacial score (nSPS) is 26.9. The van der Waals surface area contributed by atoms with E-state index in [2.05, 4.69) is 11.1 Å². The van der Waals surface area contributed by atoms with Crippen molar-refractivity contribution in [2.45, 2.75) is 43.4 Å². The van der Waals surface area contributed by atoms with Crippen molar-refractivity contribution < 1.29 is 35.0 Å². The number of imidazole rings is 1. The monoisotopic (exact) mass is 482 g/mol. The zero-order chi connectivity index (χ0) is 24.7. The van der Waals surface area contributed by atoms with Crippen molar-refractivity contribution in [3.05, 3.63) is 76.7 Å². The molecule has 1 aromatic heterocycles. The molecule has 0 radical (unpaired) electrons. The number of aromatic nitrogens is 2. The number of nitrogens with zero attached hydrogens (tertiary/aromatic N) is 1. The second-order valence-electron chi connectivity index (χ2n) is 8.66. The number of aromatic amines is 1. The first-order chi connectivity index (χ1) is 16.8. The van der Waals surface area contributed by atoms with Gasteiger partial charge in [0.15, 0.2) is 6.10 Å². The number of aliphatic hydroxyl groups is 5. The molecule has 1 fully saturated rings. The molecule has 10 heteroatoms. The molecule has 4 aromatic rings. The lowest BCUT2D eigenvalue weighted by Gasteiger charge is -2.45. The van der Waals surface area contributed by atoms with Gasteiger partial charge in [-0.05, 0) is 34.9 Å². The standard InChI is InChI=1S/C25H26N2O8/c28-13-19-21(29)22(30)25(33,23(31)34-19)35-18-7-3-6-17-20(18)27(24(32)26-17)11-10-14-8-9-15-4-1-2-5-16(15)12-14/h1-9,12,19,21-23,28-31,33H,10-11,13H2,(H,26,32)/t19-,21-,22+,23-,25+/m1/s1. The Morgan fingerprint density at radius 2 is 1.80 bits per heavy atom. The van der Waals surface area contributed by atoms with E-state index in [0.717, 1.165) is 16.3 Å². The summed E-state index contributed by atoms with van der Waals surface area (Å²) in [5.74, 6) is -2.77. The van der Waals surface area contributed by atoms with Gasteiger partial charge in [0.25, 0.3) is 5.79 Å². The Balaban J connectivity index is 1.47. The third-order valence-electron chi connectivity index (χ3n) is 6.43. The van der Waals surface area contributed by atoms with Crippen molar-refractivity contribution in [2.75, 3.05) is 6.61 Å². The van der Waals surface area contributed by atoms with E-state index in [4.69, 9.17) is 9.47 Å². The second kappa shape index (κ2) is 9.08. The molecule has 0 amide bonds. The van der Waals surface area contributed by atoms with Crippen LogP contribution in [0.2, 0.25) is 0 Å². The fourth-order valence-electron chi connectivity index (χ4n) is 4.49. The molecule has 5 atom stereocenters. The molecule has 2 heterocycles. The van der Waals surface area contributed by atoms with Crippen LogP contribution in [0.25, 0.3) is 21.8 Å². The minimum Gasteiger partial charge on any atom is -0.452 e. The molecule has 0 unspecified atom stereocenters. The van der Waals surface area contributed by atoms with E-state index in [1.807, 2.05) is 36.4 Å². The number of hydrogen-bond donors (Lipinski definition) is 6. The first kappa shape index (κ1) is 23.5. The van der Waals surface area contributed by atoms with E-state index in [9.17, 15) is 30.3 Å². The minimum absolute atomic E-state index is 0.0155. The number of H-pyrrole nitrogens is 1. The quantitative estimate of drug-likeness (QED) is 0.213. The summed E-state index contributed by atoms with van der Waals surface area (Å²) in [7, 11) is 0. The molecule has 0 bridgehead atoms. The van der Waals surface area contributed by atoms with Crippen molar-refractivity contribution in [3.8, 4) is 5.75 Å². The van der Waals surface area contributed by atoms with Crippen LogP contribution in [0.15, 0.2) is 65.5 Å². The van der Waals surface area contributed by atoms with Crippen LogP contribution >= 0.6 is 0 Å². The number of fused-ring (bicyclic) bond motifs is 2. The molecule has 1 saturated heterocycles. The van der Waals surface area contributed by atoms with Gasteiger partial charge < -0.3 is 40.0 Å². The Morgan fingerprint density at radius 1 is 1.03 bits per heavy atom. The number of rotatable bonds is 6. The topological polar surface area (TPSA) is 157 Å². The average Bonchev–Trinajstić information content (AvgIpc) is 3.19. The van der Waals surface area contributed by atoms with Crippen LogP contribution < -0.4 is 10.4 Å². The van der Waals surface area contributed by atoms with Gasteiger partial charge in [-0.1, -0.05) is 48.5 Å². The molecule has 0 aliphatic carbocycles. The lowest BCUT2D eigenvalue weighted by Crippen LogP contribution is -2.69. The Bertz CT molecular complexity index is 1420. The lowest BCUT2D eigenvalue weighted by atomic mass is 9.96. The largest absolute Gasteiger partial charge is 0.452 e. The van der Waals surface area contributed by atoms with Crippen LogP contribution in [0.3, 0.4) is 0 Å². The maximum atomic E-state index is 12.8. The molecule has 6 N–H and O–H groups in total. The summed E-state index contributed by atoms with van der Waals surface area (Å²) in [6, 6.07) is 18.7. The van der Waals surface area contributed by atoms with E-state index in [1.165, 1.54) is 10.6 Å². The van der Waals surface area contributed by atoms with Crippen molar-refractivity contribution in [1.29, 1.82) is 0 Å². The maximum absolute atomic E-state index is 12.8. The molecular formula is C25H26N2O8. The van der Waals surface area contributed by atoms with Gasteiger partial charge in [-0.15, -0.1) is 0 Å². The summed E-state index contributed by atoms with van der Waals surface area (Å²) in [4.78, 5) is 15.5. The van der Waals surface area contributed by atoms with Crippen molar-refractivity contribution >= 4 is 21.8 Å². The molecule has 3 aromatic carbocycles. The molecule has 35 heavy (non-hydrogen) atoms. The van der Waals surface area contributed by atoms with Crippen LogP contribution in [0.5, 0.6) is 5.75 Å². The molecule has 1 aliphatic rings. The van der Waals surface area contributed by atoms with Gasteiger partial charge in [0.05, 0.1) is 12.1 Å². The fourth-order valence-corrected chi connectivity index (χ4v) is 4.49. The molecule has 10 nitrogen and oxygen atoms in total. The van der Waals surface area contributed by atoms with Crippen molar-refractivity contribution in [3.63, 3.8) is 0 Å². The van der Waals surface area contributed by atoms with E-state index >= 15 is 0 Å². The highest BCUT2D eigenvalue weighted by Crippen LogP contribution is 2.34. The summed E-state index contributed by atoms with van der Waals surface area (Å²) >= 11 is 0. The van der Waals surface area contributed by atoms with Crippen molar-refractivity contribution in [2.24, 2.45) is 0 Å². The SMILES string of the molecule is O=c1[nH]c2cccc(O[C@]3(O)[C@H](O)O[C@H](CO)[C@@H](O)[C@@H]3O)c2n1CCc1ccc2ccccc2c1. The summed E-state index contributed by atoms with van der Waals surface area (Å²) in [5, 5.41) is 53.4. The highest BCUT2D eigenvalue weighted by Gasteiger charge is 2.57. The summed E-state index contributed by atoms with van der Waals surface area (Å²) < 4.78 is 12.1. The van der Waals surface area contributed by atoms with Gasteiger partial charge in [-0.2, -0.15) is 0 Å². The van der Waals surface area contributed by atoms with Crippen LogP contribution in [0, 0.1) is 0 Å². The first-order valence-corrected chi connectivity index (χ1v) is 11.2. The highest BCUT2D eigenvalue weighted by molar-refractivity contribution is 5.83. The number of aryl methyl sites for hydroxylation is 2. The minimum atomic E-state index is -2.75.